The van der Waals surface area contributed by atoms with Crippen molar-refractivity contribution in [2.75, 3.05) is 7.11 Å². The highest BCUT2D eigenvalue weighted by Gasteiger charge is 2.38. The van der Waals surface area contributed by atoms with E-state index in [4.69, 9.17) is 9.73 Å². The highest BCUT2D eigenvalue weighted by atomic mass is 127. The Morgan fingerprint density at radius 1 is 1.13 bits per heavy atom. The number of halogens is 2. The van der Waals surface area contributed by atoms with Crippen LogP contribution in [0, 0.1) is 7.14 Å². The molecule has 0 spiro atoms. The molecule has 30 heavy (non-hydrogen) atoms. The van der Waals surface area contributed by atoms with Gasteiger partial charge in [0.25, 0.3) is 5.91 Å². The van der Waals surface area contributed by atoms with Gasteiger partial charge in [0.1, 0.15) is 5.75 Å². The fourth-order valence-corrected chi connectivity index (χ4v) is 7.04. The van der Waals surface area contributed by atoms with Crippen molar-refractivity contribution in [2.45, 2.75) is 38.1 Å². The lowest BCUT2D eigenvalue weighted by Crippen LogP contribution is -2.40. The predicted octanol–water partition coefficient (Wildman–Crippen LogP) is 6.84. The SMILES string of the molecule is COc1c(I)cc(I)cc1/C=C1\SC(=Nc2ccccc2)N(C2CCCCC2)C1=O. The molecule has 2 fully saturated rings. The van der Waals surface area contributed by atoms with Gasteiger partial charge in [-0.1, -0.05) is 37.5 Å². The molecule has 1 heterocycles. The molecular weight excluding hydrogens is 622 g/mol. The molecule has 156 valence electrons. The van der Waals surface area contributed by atoms with Crippen LogP contribution < -0.4 is 4.74 Å². The summed E-state index contributed by atoms with van der Waals surface area (Å²) in [5.74, 6) is 0.854. The number of ether oxygens (including phenoxy) is 1. The van der Waals surface area contributed by atoms with Gasteiger partial charge in [-0.3, -0.25) is 9.69 Å². The molecule has 1 saturated carbocycles. The molecule has 0 unspecified atom stereocenters. The molecule has 0 bridgehead atoms. The Hall–Kier alpha value is -1.07. The van der Waals surface area contributed by atoms with E-state index in [0.717, 1.165) is 42.2 Å². The van der Waals surface area contributed by atoms with Crippen LogP contribution in [0.2, 0.25) is 0 Å². The van der Waals surface area contributed by atoms with E-state index in [0.29, 0.717) is 4.91 Å². The lowest BCUT2D eigenvalue weighted by molar-refractivity contribution is -0.124. The van der Waals surface area contributed by atoms with Gasteiger partial charge < -0.3 is 4.74 Å². The number of benzene rings is 2. The topological polar surface area (TPSA) is 41.9 Å². The Bertz CT molecular complexity index is 1000. The maximum atomic E-state index is 13.5. The highest BCUT2D eigenvalue weighted by molar-refractivity contribution is 14.1. The Morgan fingerprint density at radius 3 is 2.57 bits per heavy atom. The van der Waals surface area contributed by atoms with Crippen molar-refractivity contribution in [1.82, 2.24) is 4.90 Å². The largest absolute Gasteiger partial charge is 0.495 e. The second-order valence-corrected chi connectivity index (χ2v) is 10.7. The Balaban J connectivity index is 1.75. The third-order valence-corrected chi connectivity index (χ3v) is 7.69. The molecule has 7 heteroatoms. The standard InChI is InChI=1S/C23H22I2N2O2S/c1-29-21-15(12-16(24)14-19(21)25)13-20-22(28)27(18-10-6-3-7-11-18)23(30-20)26-17-8-4-2-5-9-17/h2,4-5,8-9,12-14,18H,3,6-7,10-11H2,1H3/b20-13-,26-23?. The molecule has 0 atom stereocenters. The molecule has 0 radical (unpaired) electrons. The molecule has 1 amide bonds. The molecule has 1 aliphatic heterocycles. The van der Waals surface area contributed by atoms with Gasteiger partial charge >= 0.3 is 0 Å². The molecule has 1 saturated heterocycles. The first-order valence-corrected chi connectivity index (χ1v) is 12.9. The average molecular weight is 644 g/mol. The number of amidine groups is 1. The van der Waals surface area contributed by atoms with Gasteiger partial charge in [-0.05, 0) is 100 Å². The molecular formula is C23H22I2N2O2S. The van der Waals surface area contributed by atoms with Crippen LogP contribution in [0.4, 0.5) is 5.69 Å². The van der Waals surface area contributed by atoms with E-state index in [-0.39, 0.29) is 11.9 Å². The number of hydrogen-bond donors (Lipinski definition) is 0. The Morgan fingerprint density at radius 2 is 1.87 bits per heavy atom. The van der Waals surface area contributed by atoms with Gasteiger partial charge in [0.2, 0.25) is 0 Å². The first kappa shape index (κ1) is 22.1. The van der Waals surface area contributed by atoms with Gasteiger partial charge in [0, 0.05) is 15.2 Å². The number of rotatable bonds is 4. The minimum absolute atomic E-state index is 0.0532. The van der Waals surface area contributed by atoms with Crippen molar-refractivity contribution in [2.24, 2.45) is 4.99 Å². The number of thioether (sulfide) groups is 1. The fraction of sp³-hybridized carbons (Fsp3) is 0.304. The van der Waals surface area contributed by atoms with Crippen LogP contribution in [0.15, 0.2) is 52.4 Å². The summed E-state index contributed by atoms with van der Waals surface area (Å²) in [5, 5.41) is 0.781. The minimum atomic E-state index is 0.0532. The summed E-state index contributed by atoms with van der Waals surface area (Å²) in [6.07, 6.45) is 7.62. The van der Waals surface area contributed by atoms with Crippen LogP contribution in [0.3, 0.4) is 0 Å². The number of aliphatic imine (C=N–C) groups is 1. The first-order valence-electron chi connectivity index (χ1n) is 9.96. The number of para-hydroxylation sites is 1. The van der Waals surface area contributed by atoms with Gasteiger partial charge in [-0.2, -0.15) is 0 Å². The molecule has 1 aliphatic carbocycles. The van der Waals surface area contributed by atoms with Crippen molar-refractivity contribution in [1.29, 1.82) is 0 Å². The van der Waals surface area contributed by atoms with E-state index in [2.05, 4.69) is 57.3 Å². The summed E-state index contributed by atoms with van der Waals surface area (Å²) in [7, 11) is 1.67. The predicted molar refractivity (Wildman–Crippen MR) is 141 cm³/mol. The summed E-state index contributed by atoms with van der Waals surface area (Å²) in [5.41, 5.74) is 1.80. The van der Waals surface area contributed by atoms with Gasteiger partial charge in [-0.25, -0.2) is 4.99 Å². The molecule has 2 aromatic carbocycles. The van der Waals surface area contributed by atoms with Gasteiger partial charge in [-0.15, -0.1) is 0 Å². The molecule has 4 nitrogen and oxygen atoms in total. The van der Waals surface area contributed by atoms with Crippen LogP contribution in [0.25, 0.3) is 6.08 Å². The maximum absolute atomic E-state index is 13.5. The van der Waals surface area contributed by atoms with E-state index >= 15 is 0 Å². The van der Waals surface area contributed by atoms with E-state index in [9.17, 15) is 4.79 Å². The van der Waals surface area contributed by atoms with E-state index < -0.39 is 0 Å². The normalized spacial score (nSPS) is 20.4. The summed E-state index contributed by atoms with van der Waals surface area (Å²) in [4.78, 5) is 21.0. The zero-order chi connectivity index (χ0) is 21.1. The molecule has 0 aromatic heterocycles. The van der Waals surface area contributed by atoms with Crippen LogP contribution in [-0.4, -0.2) is 29.1 Å². The number of nitrogens with zero attached hydrogens (tertiary/aromatic N) is 2. The number of amides is 1. The molecule has 2 aromatic rings. The second kappa shape index (κ2) is 10.0. The zero-order valence-electron chi connectivity index (χ0n) is 16.6. The summed E-state index contributed by atoms with van der Waals surface area (Å²) >= 11 is 6.04. The fourth-order valence-electron chi connectivity index (χ4n) is 3.88. The Labute approximate surface area is 208 Å². The number of carbonyl (C=O) groups excluding carboxylic acids is 1. The summed E-state index contributed by atoms with van der Waals surface area (Å²) < 4.78 is 7.77. The summed E-state index contributed by atoms with van der Waals surface area (Å²) in [6, 6.07) is 14.2. The number of carbonyl (C=O) groups is 1. The number of methoxy groups -OCH3 is 1. The smallest absolute Gasteiger partial charge is 0.267 e. The monoisotopic (exact) mass is 644 g/mol. The van der Waals surface area contributed by atoms with E-state index in [1.807, 2.05) is 41.3 Å². The van der Waals surface area contributed by atoms with Gasteiger partial charge in [0.15, 0.2) is 5.17 Å². The molecule has 4 rings (SSSR count). The summed E-state index contributed by atoms with van der Waals surface area (Å²) in [6.45, 7) is 0. The zero-order valence-corrected chi connectivity index (χ0v) is 21.7. The number of hydrogen-bond acceptors (Lipinski definition) is 4. The van der Waals surface area contributed by atoms with Crippen molar-refractivity contribution < 1.29 is 9.53 Å². The highest BCUT2D eigenvalue weighted by Crippen LogP contribution is 2.40. The first-order chi connectivity index (χ1) is 14.6. The van der Waals surface area contributed by atoms with Crippen LogP contribution in [0.5, 0.6) is 5.75 Å². The average Bonchev–Trinajstić information content (AvgIpc) is 3.04. The van der Waals surface area contributed by atoms with Crippen LogP contribution >= 0.6 is 56.9 Å². The van der Waals surface area contributed by atoms with Crippen molar-refractivity contribution in [3.8, 4) is 5.75 Å². The van der Waals surface area contributed by atoms with E-state index in [1.165, 1.54) is 31.0 Å². The maximum Gasteiger partial charge on any atom is 0.267 e. The van der Waals surface area contributed by atoms with E-state index in [1.54, 1.807) is 7.11 Å². The lowest BCUT2D eigenvalue weighted by Gasteiger charge is -2.30. The third-order valence-electron chi connectivity index (χ3n) is 5.29. The van der Waals surface area contributed by atoms with Crippen LogP contribution in [0.1, 0.15) is 37.7 Å². The molecule has 2 aliphatic rings. The lowest BCUT2D eigenvalue weighted by atomic mass is 9.94. The van der Waals surface area contributed by atoms with Crippen molar-refractivity contribution >= 4 is 79.8 Å². The minimum Gasteiger partial charge on any atom is -0.495 e. The van der Waals surface area contributed by atoms with Gasteiger partial charge in [0.05, 0.1) is 21.3 Å². The van der Waals surface area contributed by atoms with Crippen LogP contribution in [-0.2, 0) is 4.79 Å². The molecule has 0 N–H and O–H groups in total. The third kappa shape index (κ3) is 4.88. The quantitative estimate of drug-likeness (QED) is 0.271. The van der Waals surface area contributed by atoms with Crippen molar-refractivity contribution in [3.63, 3.8) is 0 Å². The Kier molecular flexibility index (Phi) is 7.40. The second-order valence-electron chi connectivity index (χ2n) is 7.32. The van der Waals surface area contributed by atoms with Crippen molar-refractivity contribution in [3.05, 3.63) is 60.1 Å².